The van der Waals surface area contributed by atoms with Crippen molar-refractivity contribution < 1.29 is 0 Å². The van der Waals surface area contributed by atoms with Crippen LogP contribution in [0.4, 0.5) is 5.69 Å². The number of nitrogens with zero attached hydrogens (tertiary/aromatic N) is 1. The second kappa shape index (κ2) is 5.96. The van der Waals surface area contributed by atoms with E-state index >= 15 is 0 Å². The van der Waals surface area contributed by atoms with Crippen LogP contribution in [-0.4, -0.2) is 19.6 Å². The number of para-hydroxylation sites is 1. The lowest BCUT2D eigenvalue weighted by Gasteiger charge is -2.46. The Morgan fingerprint density at radius 3 is 2.79 bits per heavy atom. The highest BCUT2D eigenvalue weighted by Gasteiger charge is 2.33. The van der Waals surface area contributed by atoms with E-state index < -0.39 is 0 Å². The average Bonchev–Trinajstić information content (AvgIpc) is 2.48. The van der Waals surface area contributed by atoms with E-state index in [0.29, 0.717) is 0 Å². The van der Waals surface area contributed by atoms with Crippen LogP contribution in [0.1, 0.15) is 44.1 Å². The Balaban J connectivity index is 1.87. The fraction of sp³-hybridized carbons (Fsp3) is 0.647. The third-order valence-corrected chi connectivity index (χ3v) is 4.91. The molecule has 1 aliphatic heterocycles. The molecule has 2 fully saturated rings. The number of hydrogen-bond donors (Lipinski definition) is 1. The van der Waals surface area contributed by atoms with Gasteiger partial charge in [-0.2, -0.15) is 0 Å². The summed E-state index contributed by atoms with van der Waals surface area (Å²) in [5.74, 6) is 0.949. The maximum Gasteiger partial charge on any atom is 0.0414 e. The van der Waals surface area contributed by atoms with Crippen molar-refractivity contribution in [2.24, 2.45) is 5.92 Å². The van der Waals surface area contributed by atoms with Gasteiger partial charge < -0.3 is 10.2 Å². The standard InChI is InChI=1S/C17H26N2/c1-18-13-15-8-3-5-11-17(15)19-12-6-9-14-7-2-4-10-16(14)19/h3,5,8,11,14,16,18H,2,4,6-7,9-10,12-13H2,1H3/t14-,16-/m1/s1. The molecular formula is C17H26N2. The number of hydrogen-bond acceptors (Lipinski definition) is 2. The summed E-state index contributed by atoms with van der Waals surface area (Å²) in [6, 6.07) is 9.77. The SMILES string of the molecule is CNCc1ccccc1N1CCC[C@H]2CCCC[C@H]21. The Labute approximate surface area is 117 Å². The van der Waals surface area contributed by atoms with Crippen molar-refractivity contribution >= 4 is 5.69 Å². The molecule has 1 aromatic carbocycles. The Morgan fingerprint density at radius 2 is 1.89 bits per heavy atom. The molecule has 2 aliphatic rings. The first-order valence-electron chi connectivity index (χ1n) is 7.89. The van der Waals surface area contributed by atoms with Gasteiger partial charge in [-0.3, -0.25) is 0 Å². The minimum atomic E-state index is 0.806. The first-order chi connectivity index (χ1) is 9.40. The van der Waals surface area contributed by atoms with Crippen LogP contribution in [0, 0.1) is 5.92 Å². The molecule has 1 aliphatic carbocycles. The molecule has 104 valence electrons. The lowest BCUT2D eigenvalue weighted by molar-refractivity contribution is 0.243. The first-order valence-corrected chi connectivity index (χ1v) is 7.89. The van der Waals surface area contributed by atoms with Crippen molar-refractivity contribution in [3.8, 4) is 0 Å². The van der Waals surface area contributed by atoms with Gasteiger partial charge in [-0.15, -0.1) is 0 Å². The lowest BCUT2D eigenvalue weighted by atomic mass is 9.78. The van der Waals surface area contributed by atoms with Gasteiger partial charge in [0.1, 0.15) is 0 Å². The molecule has 1 aromatic rings. The van der Waals surface area contributed by atoms with E-state index in [0.717, 1.165) is 18.5 Å². The van der Waals surface area contributed by atoms with Gasteiger partial charge in [0.25, 0.3) is 0 Å². The topological polar surface area (TPSA) is 15.3 Å². The average molecular weight is 258 g/mol. The Hall–Kier alpha value is -1.02. The Kier molecular flexibility index (Phi) is 4.07. The molecular weight excluding hydrogens is 232 g/mol. The van der Waals surface area contributed by atoms with Gasteiger partial charge in [-0.25, -0.2) is 0 Å². The van der Waals surface area contributed by atoms with Crippen molar-refractivity contribution in [2.45, 2.75) is 51.1 Å². The molecule has 2 heteroatoms. The number of benzene rings is 1. The molecule has 19 heavy (non-hydrogen) atoms. The van der Waals surface area contributed by atoms with Crippen molar-refractivity contribution in [2.75, 3.05) is 18.5 Å². The number of piperidine rings is 1. The molecule has 0 amide bonds. The third kappa shape index (κ3) is 2.64. The molecule has 0 unspecified atom stereocenters. The second-order valence-corrected chi connectivity index (χ2v) is 6.11. The van der Waals surface area contributed by atoms with E-state index in [-0.39, 0.29) is 0 Å². The van der Waals surface area contributed by atoms with Crippen molar-refractivity contribution in [3.05, 3.63) is 29.8 Å². The summed E-state index contributed by atoms with van der Waals surface area (Å²) in [5, 5.41) is 3.31. The molecule has 0 spiro atoms. The molecule has 1 N–H and O–H groups in total. The monoisotopic (exact) mass is 258 g/mol. The number of rotatable bonds is 3. The quantitative estimate of drug-likeness (QED) is 0.891. The minimum Gasteiger partial charge on any atom is -0.368 e. The van der Waals surface area contributed by atoms with Crippen LogP contribution >= 0.6 is 0 Å². The van der Waals surface area contributed by atoms with Crippen LogP contribution in [0.2, 0.25) is 0 Å². The van der Waals surface area contributed by atoms with Crippen LogP contribution in [0.5, 0.6) is 0 Å². The molecule has 2 nitrogen and oxygen atoms in total. The van der Waals surface area contributed by atoms with Crippen LogP contribution in [0.25, 0.3) is 0 Å². The number of nitrogens with one attached hydrogen (secondary N) is 1. The minimum absolute atomic E-state index is 0.806. The maximum atomic E-state index is 3.31. The van der Waals surface area contributed by atoms with Crippen molar-refractivity contribution in [1.29, 1.82) is 0 Å². The van der Waals surface area contributed by atoms with E-state index in [2.05, 4.69) is 34.5 Å². The van der Waals surface area contributed by atoms with Crippen molar-refractivity contribution in [3.63, 3.8) is 0 Å². The van der Waals surface area contributed by atoms with Gasteiger partial charge in [-0.1, -0.05) is 31.0 Å². The fourth-order valence-corrected chi connectivity index (χ4v) is 4.05. The highest BCUT2D eigenvalue weighted by Crippen LogP contribution is 2.38. The summed E-state index contributed by atoms with van der Waals surface area (Å²) >= 11 is 0. The van der Waals surface area contributed by atoms with E-state index in [9.17, 15) is 0 Å². The molecule has 0 bridgehead atoms. The van der Waals surface area contributed by atoms with Gasteiger partial charge in [0.2, 0.25) is 0 Å². The highest BCUT2D eigenvalue weighted by atomic mass is 15.2. The number of fused-ring (bicyclic) bond motifs is 1. The zero-order chi connectivity index (χ0) is 13.1. The van der Waals surface area contributed by atoms with E-state index in [1.807, 2.05) is 7.05 Å². The van der Waals surface area contributed by atoms with Crippen LogP contribution in [0.15, 0.2) is 24.3 Å². The third-order valence-electron chi connectivity index (χ3n) is 4.91. The summed E-state index contributed by atoms with van der Waals surface area (Å²) < 4.78 is 0. The van der Waals surface area contributed by atoms with Gasteiger partial charge in [-0.05, 0) is 50.3 Å². The molecule has 3 rings (SSSR count). The predicted octanol–water partition coefficient (Wildman–Crippen LogP) is 3.57. The van der Waals surface area contributed by atoms with Crippen LogP contribution in [-0.2, 0) is 6.54 Å². The smallest absolute Gasteiger partial charge is 0.0414 e. The molecule has 0 radical (unpaired) electrons. The van der Waals surface area contributed by atoms with E-state index in [1.54, 1.807) is 0 Å². The maximum absolute atomic E-state index is 3.31. The Morgan fingerprint density at radius 1 is 1.11 bits per heavy atom. The summed E-state index contributed by atoms with van der Waals surface area (Å²) in [7, 11) is 2.04. The highest BCUT2D eigenvalue weighted by molar-refractivity contribution is 5.55. The molecule has 0 aromatic heterocycles. The summed E-state index contributed by atoms with van der Waals surface area (Å²) in [6.45, 7) is 2.23. The molecule has 1 heterocycles. The van der Waals surface area contributed by atoms with Crippen molar-refractivity contribution in [1.82, 2.24) is 5.32 Å². The summed E-state index contributed by atoms with van der Waals surface area (Å²) in [5.41, 5.74) is 2.93. The van der Waals surface area contributed by atoms with Gasteiger partial charge in [0, 0.05) is 24.8 Å². The van der Waals surface area contributed by atoms with E-state index in [1.165, 1.54) is 56.3 Å². The van der Waals surface area contributed by atoms with Gasteiger partial charge in [0.15, 0.2) is 0 Å². The molecule has 1 saturated carbocycles. The summed E-state index contributed by atoms with van der Waals surface area (Å²) in [4.78, 5) is 2.72. The zero-order valence-corrected chi connectivity index (χ0v) is 12.1. The van der Waals surface area contributed by atoms with E-state index in [4.69, 9.17) is 0 Å². The Bertz CT molecular complexity index is 413. The predicted molar refractivity (Wildman–Crippen MR) is 81.5 cm³/mol. The summed E-state index contributed by atoms with van der Waals surface area (Å²) in [6.07, 6.45) is 8.55. The lowest BCUT2D eigenvalue weighted by Crippen LogP contribution is -2.47. The van der Waals surface area contributed by atoms with Gasteiger partial charge >= 0.3 is 0 Å². The largest absolute Gasteiger partial charge is 0.368 e. The fourth-order valence-electron chi connectivity index (χ4n) is 4.05. The normalized spacial score (nSPS) is 27.1. The molecule has 1 saturated heterocycles. The second-order valence-electron chi connectivity index (χ2n) is 6.11. The number of anilines is 1. The van der Waals surface area contributed by atoms with Crippen LogP contribution < -0.4 is 10.2 Å². The zero-order valence-electron chi connectivity index (χ0n) is 12.1. The first kappa shape index (κ1) is 13.0. The van der Waals surface area contributed by atoms with Gasteiger partial charge in [0.05, 0.1) is 0 Å². The molecule has 2 atom stereocenters. The van der Waals surface area contributed by atoms with Crippen LogP contribution in [0.3, 0.4) is 0 Å².